The first-order valence-electron chi connectivity index (χ1n) is 21.3. The van der Waals surface area contributed by atoms with E-state index < -0.39 is 5.60 Å². The first kappa shape index (κ1) is 43.4. The molecular weight excluding hydrogens is 849 g/mol. The van der Waals surface area contributed by atoms with Gasteiger partial charge in [-0.1, -0.05) is 240 Å². The second-order valence-corrected chi connectivity index (χ2v) is 16.7. The molecule has 3 N–H and O–H groups in total. The van der Waals surface area contributed by atoms with Crippen LogP contribution in [-0.2, 0) is 18.4 Å². The Bertz CT molecular complexity index is 3020. The normalized spacial score (nSPS) is 12.4. The van der Waals surface area contributed by atoms with Gasteiger partial charge in [-0.05, 0) is 103 Å². The van der Waals surface area contributed by atoms with E-state index >= 15 is 0 Å². The highest BCUT2D eigenvalue weighted by atomic mass is 79.9. The molecule has 12 rings (SSSR count). The van der Waals surface area contributed by atoms with Crippen molar-refractivity contribution >= 4 is 43.3 Å². The molecule has 2 aliphatic carbocycles. The summed E-state index contributed by atoms with van der Waals surface area (Å²) in [6, 6.07) is 82.1. The summed E-state index contributed by atoms with van der Waals surface area (Å²) >= 11 is 3.31. The van der Waals surface area contributed by atoms with Gasteiger partial charge in [-0.3, -0.25) is 4.79 Å². The van der Waals surface area contributed by atoms with Crippen molar-refractivity contribution in [3.05, 3.63) is 297 Å². The van der Waals surface area contributed by atoms with Gasteiger partial charge in [0.25, 0.3) is 0 Å². The molecule has 312 valence electrons. The molecule has 0 aliphatic heterocycles. The minimum atomic E-state index is -1.06. The van der Waals surface area contributed by atoms with Crippen LogP contribution in [0.5, 0.6) is 0 Å². The zero-order valence-corrected chi connectivity index (χ0v) is 36.8. The molecule has 0 saturated heterocycles. The van der Waals surface area contributed by atoms with E-state index in [1.165, 1.54) is 43.8 Å². The number of fused-ring (bicyclic) bond motifs is 6. The molecule has 0 radical (unpaired) electrons. The lowest BCUT2D eigenvalue weighted by Gasteiger charge is -2.37. The maximum atomic E-state index is 12.1. The molecule has 0 atom stereocenters. The maximum Gasteiger partial charge on any atom is 1.00 e. The van der Waals surface area contributed by atoms with Crippen LogP contribution in [0.2, 0.25) is 0 Å². The third kappa shape index (κ3) is 8.99. The van der Waals surface area contributed by atoms with Crippen molar-refractivity contribution in [2.24, 2.45) is 0 Å². The Morgan fingerprint density at radius 1 is 0.422 bits per heavy atom. The largest absolute Gasteiger partial charge is 1.00 e. The third-order valence-corrected chi connectivity index (χ3v) is 12.4. The number of aliphatic hydroxyl groups is 1. The molecule has 0 fully saturated rings. The first-order chi connectivity index (χ1) is 31.0. The lowest BCUT2D eigenvalue weighted by molar-refractivity contribution is 0.103. The van der Waals surface area contributed by atoms with E-state index in [0.717, 1.165) is 56.3 Å². The zero-order valence-electron chi connectivity index (χ0n) is 36.2. The van der Waals surface area contributed by atoms with E-state index in [2.05, 4.69) is 113 Å². The topological polar surface area (TPSA) is 68.8 Å². The SMILES string of the molecule is Brc1ccccc1.O.O=C1c2ccccc2Cc2ccccc21.OC1(c2ccccc2)c2ccccc2Cc2ccccc21.[H+].c1ccc(-c2c3ccccc3cc3ccccc23)cc1. The summed E-state index contributed by atoms with van der Waals surface area (Å²) in [5.41, 5.74) is 10.8. The molecule has 0 spiro atoms. The van der Waals surface area contributed by atoms with E-state index in [4.69, 9.17) is 0 Å². The summed E-state index contributed by atoms with van der Waals surface area (Å²) in [5.74, 6) is 0.160. The minimum Gasteiger partial charge on any atom is -0.412 e. The van der Waals surface area contributed by atoms with Gasteiger partial charge in [0.1, 0.15) is 5.60 Å². The Hall–Kier alpha value is -7.21. The van der Waals surface area contributed by atoms with Gasteiger partial charge in [-0.15, -0.1) is 0 Å². The second kappa shape index (κ2) is 19.9. The number of carbonyl (C=O) groups is 1. The van der Waals surface area contributed by atoms with Crippen molar-refractivity contribution in [2.75, 3.05) is 0 Å². The number of ketones is 1. The Kier molecular flexibility index (Phi) is 13.5. The predicted molar refractivity (Wildman–Crippen MR) is 269 cm³/mol. The third-order valence-electron chi connectivity index (χ3n) is 11.9. The van der Waals surface area contributed by atoms with Crippen molar-refractivity contribution < 1.29 is 16.8 Å². The smallest absolute Gasteiger partial charge is 0.412 e. The molecule has 3 nitrogen and oxygen atoms in total. The number of rotatable bonds is 2. The van der Waals surface area contributed by atoms with Gasteiger partial charge in [-0.25, -0.2) is 0 Å². The highest BCUT2D eigenvalue weighted by Crippen LogP contribution is 2.44. The number of hydrogen-bond acceptors (Lipinski definition) is 2. The number of hydrogen-bond donors (Lipinski definition) is 1. The van der Waals surface area contributed by atoms with Crippen molar-refractivity contribution in [1.82, 2.24) is 0 Å². The van der Waals surface area contributed by atoms with Gasteiger partial charge in [0.05, 0.1) is 0 Å². The predicted octanol–water partition coefficient (Wildman–Crippen LogP) is 14.1. The van der Waals surface area contributed by atoms with Crippen LogP contribution in [0.4, 0.5) is 0 Å². The van der Waals surface area contributed by atoms with Crippen LogP contribution in [0.25, 0.3) is 32.7 Å². The van der Waals surface area contributed by atoms with Gasteiger partial charge in [0.2, 0.25) is 0 Å². The molecule has 64 heavy (non-hydrogen) atoms. The summed E-state index contributed by atoms with van der Waals surface area (Å²) in [6.07, 6.45) is 1.75. The monoisotopic (exact) mass is 895 g/mol. The van der Waals surface area contributed by atoms with E-state index in [1.54, 1.807) is 0 Å². The van der Waals surface area contributed by atoms with Crippen molar-refractivity contribution in [3.63, 3.8) is 0 Å². The lowest BCUT2D eigenvalue weighted by atomic mass is 9.71. The van der Waals surface area contributed by atoms with Gasteiger partial charge < -0.3 is 10.6 Å². The van der Waals surface area contributed by atoms with E-state index in [9.17, 15) is 9.90 Å². The fourth-order valence-electron chi connectivity index (χ4n) is 8.88. The van der Waals surface area contributed by atoms with E-state index in [-0.39, 0.29) is 12.7 Å². The molecular formula is C60H48BrO3+. The number of carbonyl (C=O) groups excluding carboxylic acids is 1. The summed E-state index contributed by atoms with van der Waals surface area (Å²) in [5, 5.41) is 16.9. The summed E-state index contributed by atoms with van der Waals surface area (Å²) < 4.78 is 1.13. The number of benzene rings is 10. The molecule has 10 aromatic carbocycles. The highest BCUT2D eigenvalue weighted by molar-refractivity contribution is 9.10. The van der Waals surface area contributed by atoms with Crippen LogP contribution in [0.3, 0.4) is 0 Å². The molecule has 10 aromatic rings. The number of halogens is 1. The Balaban J connectivity index is 0.000000135. The fourth-order valence-corrected chi connectivity index (χ4v) is 9.19. The highest BCUT2D eigenvalue weighted by Gasteiger charge is 2.39. The maximum absolute atomic E-state index is 12.1. The van der Waals surface area contributed by atoms with Crippen LogP contribution >= 0.6 is 15.9 Å². The summed E-state index contributed by atoms with van der Waals surface area (Å²) in [7, 11) is 0. The van der Waals surface area contributed by atoms with Crippen molar-refractivity contribution in [1.29, 1.82) is 0 Å². The van der Waals surface area contributed by atoms with Crippen molar-refractivity contribution in [2.45, 2.75) is 18.4 Å². The Morgan fingerprint density at radius 2 is 0.797 bits per heavy atom. The molecule has 0 unspecified atom stereocenters. The Morgan fingerprint density at radius 3 is 1.28 bits per heavy atom. The molecule has 0 saturated carbocycles. The average molecular weight is 897 g/mol. The zero-order chi connectivity index (χ0) is 43.0. The lowest BCUT2D eigenvalue weighted by Crippen LogP contribution is -2.34. The van der Waals surface area contributed by atoms with Gasteiger partial charge in [0.15, 0.2) is 5.78 Å². The van der Waals surface area contributed by atoms with Crippen LogP contribution in [0.15, 0.2) is 247 Å². The van der Waals surface area contributed by atoms with Gasteiger partial charge in [0, 0.05) is 15.6 Å². The standard InChI is InChI=1S/C20H16O.C20H14.C14H10O.C6H5Br.H2O/c21-20(17-10-2-1-3-11-17)18-12-6-4-8-15(18)14-16-9-5-7-13-19(16)20;1-2-8-15(9-3-1)20-18-12-6-4-10-16(18)14-17-11-5-7-13-19(17)20;15-14-12-7-3-1-5-10(12)9-11-6-2-4-8-13(11)14;7-6-4-2-1-3-5-6;/h1-13,21H,14H2;1-14H;1-8H,9H2;1-5H;1H2/p+1. The molecule has 0 heterocycles. The van der Waals surface area contributed by atoms with Crippen LogP contribution in [-0.4, -0.2) is 16.4 Å². The van der Waals surface area contributed by atoms with Crippen LogP contribution in [0.1, 0.15) is 56.3 Å². The molecule has 0 amide bonds. The van der Waals surface area contributed by atoms with Gasteiger partial charge >= 0.3 is 1.43 Å². The molecule has 0 bridgehead atoms. The fraction of sp³-hybridized carbons (Fsp3) is 0.0500. The first-order valence-corrected chi connectivity index (χ1v) is 22.1. The second-order valence-electron chi connectivity index (χ2n) is 15.7. The minimum absolute atomic E-state index is 0. The van der Waals surface area contributed by atoms with Gasteiger partial charge in [-0.2, -0.15) is 0 Å². The molecule has 4 heteroatoms. The quantitative estimate of drug-likeness (QED) is 0.176. The summed E-state index contributed by atoms with van der Waals surface area (Å²) in [4.78, 5) is 12.1. The summed E-state index contributed by atoms with van der Waals surface area (Å²) in [6.45, 7) is 0. The van der Waals surface area contributed by atoms with Crippen LogP contribution in [0, 0.1) is 0 Å². The van der Waals surface area contributed by atoms with Crippen molar-refractivity contribution in [3.8, 4) is 11.1 Å². The Labute approximate surface area is 384 Å². The van der Waals surface area contributed by atoms with E-state index in [1.807, 2.05) is 146 Å². The average Bonchev–Trinajstić information content (AvgIpc) is 3.35. The van der Waals surface area contributed by atoms with Crippen LogP contribution < -0.4 is 0 Å². The van der Waals surface area contributed by atoms with E-state index in [0.29, 0.717) is 0 Å². The molecule has 2 aliphatic rings. The molecule has 0 aromatic heterocycles.